The number of rotatable bonds is 2. The summed E-state index contributed by atoms with van der Waals surface area (Å²) in [5.74, 6) is -1.61. The number of carbonyl (C=O) groups is 1. The maximum Gasteiger partial charge on any atom is 0.307 e. The number of hydrogen-bond acceptors (Lipinski definition) is 2. The molecule has 0 radical (unpaired) electrons. The van der Waals surface area contributed by atoms with Gasteiger partial charge in [-0.05, 0) is 24.1 Å². The molecule has 0 aliphatic carbocycles. The van der Waals surface area contributed by atoms with Gasteiger partial charge in [0.1, 0.15) is 0 Å². The standard InChI is InChI=1S/C8H8FNO2/c1-5-4-10-7(9)2-6(5)3-8(11)12/h2,4H,3H2,1H3,(H,11,12). The Morgan fingerprint density at radius 1 is 1.75 bits per heavy atom. The summed E-state index contributed by atoms with van der Waals surface area (Å²) >= 11 is 0. The summed E-state index contributed by atoms with van der Waals surface area (Å²) in [6.45, 7) is 1.70. The van der Waals surface area contributed by atoms with Crippen LogP contribution >= 0.6 is 0 Å². The zero-order chi connectivity index (χ0) is 9.14. The number of aliphatic carboxylic acids is 1. The quantitative estimate of drug-likeness (QED) is 0.676. The first-order valence-electron chi connectivity index (χ1n) is 3.42. The Morgan fingerprint density at radius 3 is 3.00 bits per heavy atom. The third-order valence-electron chi connectivity index (χ3n) is 1.52. The van der Waals surface area contributed by atoms with Gasteiger partial charge in [0.15, 0.2) is 0 Å². The van der Waals surface area contributed by atoms with Gasteiger partial charge >= 0.3 is 5.97 Å². The molecule has 64 valence electrons. The summed E-state index contributed by atoms with van der Waals surface area (Å²) in [6, 6.07) is 1.14. The number of hydrogen-bond donors (Lipinski definition) is 1. The van der Waals surface area contributed by atoms with Crippen molar-refractivity contribution in [3.8, 4) is 0 Å². The molecule has 0 fully saturated rings. The van der Waals surface area contributed by atoms with Gasteiger partial charge in [0.05, 0.1) is 6.42 Å². The number of aromatic nitrogens is 1. The Kier molecular flexibility index (Phi) is 2.38. The van der Waals surface area contributed by atoms with E-state index in [0.717, 1.165) is 6.07 Å². The molecule has 1 N–H and O–H groups in total. The zero-order valence-corrected chi connectivity index (χ0v) is 6.54. The molecule has 4 heteroatoms. The van der Waals surface area contributed by atoms with E-state index in [1.165, 1.54) is 6.20 Å². The second kappa shape index (κ2) is 3.30. The van der Waals surface area contributed by atoms with E-state index in [1.807, 2.05) is 0 Å². The second-order valence-electron chi connectivity index (χ2n) is 2.50. The molecule has 12 heavy (non-hydrogen) atoms. The third kappa shape index (κ3) is 2.02. The molecule has 0 aromatic carbocycles. The van der Waals surface area contributed by atoms with Crippen LogP contribution in [0.4, 0.5) is 4.39 Å². The molecule has 0 aliphatic rings. The van der Waals surface area contributed by atoms with Crippen LogP contribution in [0.25, 0.3) is 0 Å². The van der Waals surface area contributed by atoms with Crippen LogP contribution in [0.5, 0.6) is 0 Å². The van der Waals surface area contributed by atoms with Crippen molar-refractivity contribution in [1.82, 2.24) is 4.98 Å². The fraction of sp³-hybridized carbons (Fsp3) is 0.250. The highest BCUT2D eigenvalue weighted by atomic mass is 19.1. The van der Waals surface area contributed by atoms with E-state index in [2.05, 4.69) is 4.98 Å². The molecule has 1 heterocycles. The number of nitrogens with zero attached hydrogens (tertiary/aromatic N) is 1. The molecule has 0 unspecified atom stereocenters. The largest absolute Gasteiger partial charge is 0.481 e. The lowest BCUT2D eigenvalue weighted by Crippen LogP contribution is -2.03. The maximum absolute atomic E-state index is 12.5. The smallest absolute Gasteiger partial charge is 0.307 e. The molecule has 0 aliphatic heterocycles. The van der Waals surface area contributed by atoms with E-state index in [9.17, 15) is 9.18 Å². The average molecular weight is 169 g/mol. The highest BCUT2D eigenvalue weighted by molar-refractivity contribution is 5.70. The minimum atomic E-state index is -0.969. The predicted octanol–water partition coefficient (Wildman–Crippen LogP) is 1.16. The maximum atomic E-state index is 12.5. The van der Waals surface area contributed by atoms with Gasteiger partial charge in [-0.3, -0.25) is 4.79 Å². The van der Waals surface area contributed by atoms with Crippen LogP contribution in [-0.2, 0) is 11.2 Å². The SMILES string of the molecule is Cc1cnc(F)cc1CC(=O)O. The van der Waals surface area contributed by atoms with Gasteiger partial charge in [0.2, 0.25) is 5.95 Å². The number of halogens is 1. The molecule has 1 aromatic rings. The van der Waals surface area contributed by atoms with E-state index >= 15 is 0 Å². The molecule has 0 atom stereocenters. The Labute approximate surface area is 68.9 Å². The van der Waals surface area contributed by atoms with Crippen LogP contribution in [0.2, 0.25) is 0 Å². The van der Waals surface area contributed by atoms with E-state index in [0.29, 0.717) is 11.1 Å². The van der Waals surface area contributed by atoms with E-state index in [1.54, 1.807) is 6.92 Å². The molecule has 0 bridgehead atoms. The first-order valence-corrected chi connectivity index (χ1v) is 3.42. The van der Waals surface area contributed by atoms with E-state index in [4.69, 9.17) is 5.11 Å². The van der Waals surface area contributed by atoms with Gasteiger partial charge in [-0.25, -0.2) is 4.98 Å². The first kappa shape index (κ1) is 8.64. The van der Waals surface area contributed by atoms with Crippen molar-refractivity contribution in [1.29, 1.82) is 0 Å². The molecule has 3 nitrogen and oxygen atoms in total. The Hall–Kier alpha value is -1.45. The van der Waals surface area contributed by atoms with Crippen molar-refractivity contribution in [2.75, 3.05) is 0 Å². The van der Waals surface area contributed by atoms with E-state index in [-0.39, 0.29) is 6.42 Å². The van der Waals surface area contributed by atoms with Gasteiger partial charge in [-0.15, -0.1) is 0 Å². The predicted molar refractivity (Wildman–Crippen MR) is 40.3 cm³/mol. The van der Waals surface area contributed by atoms with Crippen molar-refractivity contribution in [3.63, 3.8) is 0 Å². The molecule has 0 saturated carbocycles. The zero-order valence-electron chi connectivity index (χ0n) is 6.54. The molecule has 1 aromatic heterocycles. The Balaban J connectivity index is 2.97. The van der Waals surface area contributed by atoms with Crippen molar-refractivity contribution in [2.24, 2.45) is 0 Å². The van der Waals surface area contributed by atoms with Crippen LogP contribution in [0.3, 0.4) is 0 Å². The van der Waals surface area contributed by atoms with Crippen LogP contribution in [0.15, 0.2) is 12.3 Å². The summed E-state index contributed by atoms with van der Waals surface area (Å²) in [6.07, 6.45) is 1.17. The van der Waals surface area contributed by atoms with Crippen molar-refractivity contribution in [2.45, 2.75) is 13.3 Å². The normalized spacial score (nSPS) is 9.83. The van der Waals surface area contributed by atoms with E-state index < -0.39 is 11.9 Å². The Morgan fingerprint density at radius 2 is 2.42 bits per heavy atom. The molecular formula is C8H8FNO2. The van der Waals surface area contributed by atoms with Gasteiger partial charge in [0.25, 0.3) is 0 Å². The highest BCUT2D eigenvalue weighted by Gasteiger charge is 2.05. The molecule has 0 amide bonds. The Bertz CT molecular complexity index is 312. The number of carboxylic acids is 1. The fourth-order valence-electron chi connectivity index (χ4n) is 0.890. The molecule has 0 spiro atoms. The van der Waals surface area contributed by atoms with Crippen LogP contribution in [-0.4, -0.2) is 16.1 Å². The molecule has 1 rings (SSSR count). The van der Waals surface area contributed by atoms with Crippen molar-refractivity contribution < 1.29 is 14.3 Å². The summed E-state index contributed by atoms with van der Waals surface area (Å²) in [5.41, 5.74) is 1.16. The molecule has 0 saturated heterocycles. The average Bonchev–Trinajstić information content (AvgIpc) is 1.96. The monoisotopic (exact) mass is 169 g/mol. The van der Waals surface area contributed by atoms with Crippen LogP contribution < -0.4 is 0 Å². The lowest BCUT2D eigenvalue weighted by molar-refractivity contribution is -0.136. The summed E-state index contributed by atoms with van der Waals surface area (Å²) in [4.78, 5) is 13.7. The van der Waals surface area contributed by atoms with Gasteiger partial charge in [-0.1, -0.05) is 0 Å². The number of carboxylic acid groups (broad SMARTS) is 1. The molecular weight excluding hydrogens is 161 g/mol. The summed E-state index contributed by atoms with van der Waals surface area (Å²) < 4.78 is 12.5. The van der Waals surface area contributed by atoms with Crippen LogP contribution in [0, 0.1) is 12.9 Å². The van der Waals surface area contributed by atoms with Crippen molar-refractivity contribution in [3.05, 3.63) is 29.3 Å². The lowest BCUT2D eigenvalue weighted by atomic mass is 10.1. The summed E-state index contributed by atoms with van der Waals surface area (Å²) in [7, 11) is 0. The van der Waals surface area contributed by atoms with Gasteiger partial charge in [-0.2, -0.15) is 4.39 Å². The summed E-state index contributed by atoms with van der Waals surface area (Å²) in [5, 5.41) is 8.44. The second-order valence-corrected chi connectivity index (χ2v) is 2.50. The first-order chi connectivity index (χ1) is 5.59. The lowest BCUT2D eigenvalue weighted by Gasteiger charge is -2.00. The topological polar surface area (TPSA) is 50.2 Å². The van der Waals surface area contributed by atoms with Crippen LogP contribution in [0.1, 0.15) is 11.1 Å². The number of pyridine rings is 1. The van der Waals surface area contributed by atoms with Gasteiger partial charge in [0, 0.05) is 6.20 Å². The highest BCUT2D eigenvalue weighted by Crippen LogP contribution is 2.07. The third-order valence-corrected chi connectivity index (χ3v) is 1.52. The van der Waals surface area contributed by atoms with Gasteiger partial charge < -0.3 is 5.11 Å². The fourth-order valence-corrected chi connectivity index (χ4v) is 0.890. The van der Waals surface area contributed by atoms with Crippen molar-refractivity contribution >= 4 is 5.97 Å². The number of aryl methyl sites for hydroxylation is 1. The minimum Gasteiger partial charge on any atom is -0.481 e. The minimum absolute atomic E-state index is 0.161.